The number of nitrogens with zero attached hydrogens (tertiary/aromatic N) is 3. The van der Waals surface area contributed by atoms with Crippen LogP contribution in [0, 0.1) is 6.92 Å². The van der Waals surface area contributed by atoms with Gasteiger partial charge < -0.3 is 5.11 Å². The molecule has 4 heteroatoms. The molecule has 0 aliphatic rings. The number of unbranched alkanes of at least 4 members (excludes halogenated alkanes) is 1. The monoisotopic (exact) mass is 245 g/mol. The van der Waals surface area contributed by atoms with Crippen LogP contribution in [0.3, 0.4) is 0 Å². The Morgan fingerprint density at radius 2 is 1.94 bits per heavy atom. The van der Waals surface area contributed by atoms with Crippen LogP contribution in [-0.4, -0.2) is 20.1 Å². The standard InChI is InChI=1S/C14H19N3O/c1-3-4-5-12-6-8-13(9-7-12)17-11(2)14(10-18)15-16-17/h6-9,18H,3-5,10H2,1-2H3. The highest BCUT2D eigenvalue weighted by atomic mass is 16.3. The predicted octanol–water partition coefficient (Wildman–Crippen LogP) is 2.41. The van der Waals surface area contributed by atoms with Gasteiger partial charge in [-0.05, 0) is 37.5 Å². The maximum Gasteiger partial charge on any atom is 0.111 e. The number of aromatic nitrogens is 3. The molecule has 1 aromatic carbocycles. The van der Waals surface area contributed by atoms with Crippen LogP contribution in [0.5, 0.6) is 0 Å². The Morgan fingerprint density at radius 3 is 2.50 bits per heavy atom. The van der Waals surface area contributed by atoms with E-state index in [1.165, 1.54) is 18.4 Å². The maximum atomic E-state index is 9.10. The second-order valence-corrected chi connectivity index (χ2v) is 4.46. The Morgan fingerprint density at radius 1 is 1.22 bits per heavy atom. The van der Waals surface area contributed by atoms with E-state index in [-0.39, 0.29) is 6.61 Å². The summed E-state index contributed by atoms with van der Waals surface area (Å²) in [6, 6.07) is 8.36. The first-order valence-corrected chi connectivity index (χ1v) is 6.37. The molecular formula is C14H19N3O. The van der Waals surface area contributed by atoms with Crippen LogP contribution in [-0.2, 0) is 13.0 Å². The fourth-order valence-electron chi connectivity index (χ4n) is 1.94. The number of hydrogen-bond donors (Lipinski definition) is 1. The molecule has 0 aliphatic carbocycles. The summed E-state index contributed by atoms with van der Waals surface area (Å²) in [7, 11) is 0. The highest BCUT2D eigenvalue weighted by molar-refractivity contribution is 5.35. The molecule has 0 fully saturated rings. The quantitative estimate of drug-likeness (QED) is 0.880. The summed E-state index contributed by atoms with van der Waals surface area (Å²) in [4.78, 5) is 0. The highest BCUT2D eigenvalue weighted by Crippen LogP contribution is 2.14. The van der Waals surface area contributed by atoms with Gasteiger partial charge in [0.25, 0.3) is 0 Å². The van der Waals surface area contributed by atoms with Gasteiger partial charge in [0.05, 0.1) is 18.0 Å². The maximum absolute atomic E-state index is 9.10. The van der Waals surface area contributed by atoms with Gasteiger partial charge in [-0.1, -0.05) is 30.7 Å². The Labute approximate surface area is 107 Å². The van der Waals surface area contributed by atoms with Gasteiger partial charge in [0.15, 0.2) is 0 Å². The first kappa shape index (κ1) is 12.8. The van der Waals surface area contributed by atoms with E-state index in [9.17, 15) is 0 Å². The minimum atomic E-state index is -0.0690. The van der Waals surface area contributed by atoms with Crippen molar-refractivity contribution < 1.29 is 5.11 Å². The van der Waals surface area contributed by atoms with E-state index >= 15 is 0 Å². The van der Waals surface area contributed by atoms with Crippen molar-refractivity contribution in [2.75, 3.05) is 0 Å². The zero-order valence-corrected chi connectivity index (χ0v) is 10.9. The van der Waals surface area contributed by atoms with Crippen LogP contribution >= 0.6 is 0 Å². The molecule has 0 atom stereocenters. The molecule has 0 saturated heterocycles. The molecule has 1 heterocycles. The van der Waals surface area contributed by atoms with Crippen LogP contribution in [0.4, 0.5) is 0 Å². The molecule has 1 aromatic heterocycles. The number of benzene rings is 1. The molecule has 0 spiro atoms. The summed E-state index contributed by atoms with van der Waals surface area (Å²) >= 11 is 0. The number of rotatable bonds is 5. The molecule has 0 bridgehead atoms. The lowest BCUT2D eigenvalue weighted by Gasteiger charge is -2.05. The van der Waals surface area contributed by atoms with Crippen molar-refractivity contribution in [2.45, 2.75) is 39.7 Å². The van der Waals surface area contributed by atoms with E-state index in [2.05, 4.69) is 29.4 Å². The van der Waals surface area contributed by atoms with Gasteiger partial charge in [0, 0.05) is 0 Å². The molecular weight excluding hydrogens is 226 g/mol. The fraction of sp³-hybridized carbons (Fsp3) is 0.429. The van der Waals surface area contributed by atoms with Gasteiger partial charge in [-0.3, -0.25) is 0 Å². The van der Waals surface area contributed by atoms with Gasteiger partial charge in [-0.25, -0.2) is 4.68 Å². The Kier molecular flexibility index (Phi) is 4.10. The van der Waals surface area contributed by atoms with Gasteiger partial charge in [0.1, 0.15) is 5.69 Å². The summed E-state index contributed by atoms with van der Waals surface area (Å²) in [5.41, 5.74) is 3.85. The van der Waals surface area contributed by atoms with Crippen LogP contribution in [0.25, 0.3) is 5.69 Å². The molecule has 2 aromatic rings. The molecule has 18 heavy (non-hydrogen) atoms. The summed E-state index contributed by atoms with van der Waals surface area (Å²) in [6.45, 7) is 4.04. The number of aryl methyl sites for hydroxylation is 1. The van der Waals surface area contributed by atoms with Crippen molar-refractivity contribution in [1.29, 1.82) is 0 Å². The van der Waals surface area contributed by atoms with E-state index in [1.807, 2.05) is 19.1 Å². The topological polar surface area (TPSA) is 50.9 Å². The van der Waals surface area contributed by atoms with Crippen LogP contribution in [0.1, 0.15) is 36.7 Å². The lowest BCUT2D eigenvalue weighted by atomic mass is 10.1. The number of aliphatic hydroxyl groups is 1. The van der Waals surface area contributed by atoms with E-state index in [1.54, 1.807) is 4.68 Å². The van der Waals surface area contributed by atoms with Gasteiger partial charge in [-0.2, -0.15) is 0 Å². The van der Waals surface area contributed by atoms with Crippen LogP contribution in [0.15, 0.2) is 24.3 Å². The second-order valence-electron chi connectivity index (χ2n) is 4.46. The zero-order valence-electron chi connectivity index (χ0n) is 10.9. The molecule has 0 saturated carbocycles. The van der Waals surface area contributed by atoms with E-state index < -0.39 is 0 Å². The van der Waals surface area contributed by atoms with E-state index in [4.69, 9.17) is 5.11 Å². The first-order chi connectivity index (χ1) is 8.76. The number of aliphatic hydroxyl groups excluding tert-OH is 1. The third-order valence-corrected chi connectivity index (χ3v) is 3.14. The Balaban J connectivity index is 2.20. The predicted molar refractivity (Wildman–Crippen MR) is 70.6 cm³/mol. The van der Waals surface area contributed by atoms with Crippen molar-refractivity contribution >= 4 is 0 Å². The summed E-state index contributed by atoms with van der Waals surface area (Å²) in [6.07, 6.45) is 3.55. The van der Waals surface area contributed by atoms with Crippen LogP contribution in [0.2, 0.25) is 0 Å². The molecule has 0 radical (unpaired) electrons. The highest BCUT2D eigenvalue weighted by Gasteiger charge is 2.08. The normalized spacial score (nSPS) is 10.8. The van der Waals surface area contributed by atoms with E-state index in [0.717, 1.165) is 17.8 Å². The third-order valence-electron chi connectivity index (χ3n) is 3.14. The lowest BCUT2D eigenvalue weighted by molar-refractivity contribution is 0.276. The summed E-state index contributed by atoms with van der Waals surface area (Å²) in [5, 5.41) is 17.1. The summed E-state index contributed by atoms with van der Waals surface area (Å²) in [5.74, 6) is 0. The molecule has 0 unspecified atom stereocenters. The average Bonchev–Trinajstić information content (AvgIpc) is 2.78. The molecule has 4 nitrogen and oxygen atoms in total. The largest absolute Gasteiger partial charge is 0.390 e. The fourth-order valence-corrected chi connectivity index (χ4v) is 1.94. The Hall–Kier alpha value is -1.68. The SMILES string of the molecule is CCCCc1ccc(-n2nnc(CO)c2C)cc1. The van der Waals surface area contributed by atoms with Crippen molar-refractivity contribution in [3.8, 4) is 5.69 Å². The number of hydrogen-bond acceptors (Lipinski definition) is 3. The minimum Gasteiger partial charge on any atom is -0.390 e. The van der Waals surface area contributed by atoms with Crippen molar-refractivity contribution in [3.63, 3.8) is 0 Å². The van der Waals surface area contributed by atoms with Crippen molar-refractivity contribution in [1.82, 2.24) is 15.0 Å². The summed E-state index contributed by atoms with van der Waals surface area (Å²) < 4.78 is 1.76. The average molecular weight is 245 g/mol. The van der Waals surface area contributed by atoms with Crippen molar-refractivity contribution in [3.05, 3.63) is 41.2 Å². The molecule has 0 amide bonds. The second kappa shape index (κ2) is 5.78. The van der Waals surface area contributed by atoms with E-state index in [0.29, 0.717) is 5.69 Å². The van der Waals surface area contributed by atoms with Crippen molar-refractivity contribution in [2.24, 2.45) is 0 Å². The van der Waals surface area contributed by atoms with Gasteiger partial charge in [-0.15, -0.1) is 5.10 Å². The molecule has 96 valence electrons. The lowest BCUT2D eigenvalue weighted by Crippen LogP contribution is -2.00. The third kappa shape index (κ3) is 2.59. The molecule has 2 rings (SSSR count). The van der Waals surface area contributed by atoms with Gasteiger partial charge in [0.2, 0.25) is 0 Å². The zero-order chi connectivity index (χ0) is 13.0. The smallest absolute Gasteiger partial charge is 0.111 e. The molecule has 0 aliphatic heterocycles. The van der Waals surface area contributed by atoms with Crippen LogP contribution < -0.4 is 0 Å². The van der Waals surface area contributed by atoms with Gasteiger partial charge >= 0.3 is 0 Å². The molecule has 1 N–H and O–H groups in total. The minimum absolute atomic E-state index is 0.0690. The first-order valence-electron chi connectivity index (χ1n) is 6.37. The Bertz CT molecular complexity index is 502.